The molecular formula is C10H12F3N3O. The second-order valence-corrected chi connectivity index (χ2v) is 3.33. The number of rotatable bonds is 3. The van der Waals surface area contributed by atoms with Gasteiger partial charge in [0.25, 0.3) is 0 Å². The number of nitrogen functional groups attached to an aromatic ring is 1. The minimum absolute atomic E-state index is 0.0165. The highest BCUT2D eigenvalue weighted by atomic mass is 19.4. The lowest BCUT2D eigenvalue weighted by atomic mass is 10.1. The lowest BCUT2D eigenvalue weighted by molar-refractivity contribution is -0.137. The Labute approximate surface area is 96.0 Å². The lowest BCUT2D eigenvalue weighted by Crippen LogP contribution is -2.27. The molecule has 1 rings (SSSR count). The van der Waals surface area contributed by atoms with Crippen LogP contribution in [-0.2, 0) is 11.0 Å². The van der Waals surface area contributed by atoms with Crippen molar-refractivity contribution >= 4 is 17.3 Å². The zero-order chi connectivity index (χ0) is 13.1. The van der Waals surface area contributed by atoms with Crippen LogP contribution in [0, 0.1) is 0 Å². The molecule has 0 aliphatic rings. The maximum atomic E-state index is 12.6. The number of nitrogens with two attached hydrogens (primary N) is 1. The van der Waals surface area contributed by atoms with Gasteiger partial charge in [0.05, 0.1) is 12.1 Å². The molecule has 0 bridgehead atoms. The predicted octanol–water partition coefficient (Wildman–Crippen LogP) is 1.45. The van der Waals surface area contributed by atoms with E-state index in [1.807, 2.05) is 0 Å². The second-order valence-electron chi connectivity index (χ2n) is 3.33. The summed E-state index contributed by atoms with van der Waals surface area (Å²) in [6.07, 6.45) is -4.51. The number of halogens is 3. The van der Waals surface area contributed by atoms with Crippen molar-refractivity contribution in [2.24, 2.45) is 0 Å². The summed E-state index contributed by atoms with van der Waals surface area (Å²) in [6.45, 7) is -0.233. The molecule has 7 heteroatoms. The van der Waals surface area contributed by atoms with Crippen molar-refractivity contribution in [3.05, 3.63) is 23.8 Å². The van der Waals surface area contributed by atoms with Crippen LogP contribution in [0.4, 0.5) is 24.5 Å². The number of anilines is 2. The largest absolute Gasteiger partial charge is 0.418 e. The molecule has 0 saturated carbocycles. The fraction of sp³-hybridized carbons (Fsp3) is 0.300. The fourth-order valence-corrected chi connectivity index (χ4v) is 1.21. The highest BCUT2D eigenvalue weighted by Crippen LogP contribution is 2.35. The summed E-state index contributed by atoms with van der Waals surface area (Å²) >= 11 is 0. The Balaban J connectivity index is 2.95. The highest BCUT2D eigenvalue weighted by Gasteiger charge is 2.33. The van der Waals surface area contributed by atoms with Gasteiger partial charge in [-0.1, -0.05) is 0 Å². The number of carbonyl (C=O) groups is 1. The van der Waals surface area contributed by atoms with Gasteiger partial charge in [-0.25, -0.2) is 0 Å². The standard InChI is InChI=1S/C10H12F3N3O/c1-15-9(17)5-16-8-3-2-6(14)4-7(8)10(11,12)13/h2-4,16H,5,14H2,1H3,(H,15,17). The van der Waals surface area contributed by atoms with Gasteiger partial charge in [0, 0.05) is 18.4 Å². The third-order valence-electron chi connectivity index (χ3n) is 2.07. The zero-order valence-electron chi connectivity index (χ0n) is 9.06. The molecule has 1 aromatic carbocycles. The fourth-order valence-electron chi connectivity index (χ4n) is 1.21. The van der Waals surface area contributed by atoms with Crippen LogP contribution in [0.2, 0.25) is 0 Å². The molecule has 0 spiro atoms. The summed E-state index contributed by atoms with van der Waals surface area (Å²) in [5.41, 5.74) is 4.26. The van der Waals surface area contributed by atoms with Crippen LogP contribution in [0.25, 0.3) is 0 Å². The predicted molar refractivity (Wildman–Crippen MR) is 58.4 cm³/mol. The van der Waals surface area contributed by atoms with Crippen LogP contribution in [-0.4, -0.2) is 19.5 Å². The maximum absolute atomic E-state index is 12.6. The Kier molecular flexibility index (Phi) is 3.82. The quantitative estimate of drug-likeness (QED) is 0.708. The van der Waals surface area contributed by atoms with Gasteiger partial charge in [-0.3, -0.25) is 4.79 Å². The van der Waals surface area contributed by atoms with E-state index < -0.39 is 17.6 Å². The van der Waals surface area contributed by atoms with Crippen LogP contribution < -0.4 is 16.4 Å². The monoisotopic (exact) mass is 247 g/mol. The molecule has 0 fully saturated rings. The summed E-state index contributed by atoms with van der Waals surface area (Å²) in [5.74, 6) is -0.407. The number of amides is 1. The van der Waals surface area contributed by atoms with Crippen LogP contribution in [0.1, 0.15) is 5.56 Å². The molecule has 1 amide bonds. The Morgan fingerprint density at radius 3 is 2.59 bits per heavy atom. The van der Waals surface area contributed by atoms with Crippen molar-refractivity contribution in [2.45, 2.75) is 6.18 Å². The molecule has 0 radical (unpaired) electrons. The molecule has 0 unspecified atom stereocenters. The van der Waals surface area contributed by atoms with Crippen LogP contribution in [0.3, 0.4) is 0 Å². The minimum Gasteiger partial charge on any atom is -0.399 e. The first kappa shape index (κ1) is 13.1. The Bertz CT molecular complexity index is 418. The summed E-state index contributed by atoms with van der Waals surface area (Å²) in [6, 6.07) is 3.36. The van der Waals surface area contributed by atoms with Crippen molar-refractivity contribution in [1.82, 2.24) is 5.32 Å². The normalized spacial score (nSPS) is 11.1. The molecule has 94 valence electrons. The van der Waals surface area contributed by atoms with Crippen LogP contribution in [0.5, 0.6) is 0 Å². The first-order valence-corrected chi connectivity index (χ1v) is 4.75. The molecule has 1 aromatic rings. The molecule has 0 aromatic heterocycles. The van der Waals surface area contributed by atoms with Crippen molar-refractivity contribution in [3.8, 4) is 0 Å². The molecule has 4 nitrogen and oxygen atoms in total. The molecule has 0 aliphatic heterocycles. The molecular weight excluding hydrogens is 235 g/mol. The molecule has 4 N–H and O–H groups in total. The van der Waals surface area contributed by atoms with E-state index in [1.165, 1.54) is 19.2 Å². The van der Waals surface area contributed by atoms with Crippen molar-refractivity contribution in [3.63, 3.8) is 0 Å². The van der Waals surface area contributed by atoms with E-state index in [0.717, 1.165) is 6.07 Å². The number of nitrogens with one attached hydrogen (secondary N) is 2. The van der Waals surface area contributed by atoms with Gasteiger partial charge in [0.15, 0.2) is 0 Å². The summed E-state index contributed by atoms with van der Waals surface area (Å²) < 4.78 is 37.9. The van der Waals surface area contributed by atoms with Crippen molar-refractivity contribution < 1.29 is 18.0 Å². The minimum atomic E-state index is -4.51. The van der Waals surface area contributed by atoms with Gasteiger partial charge < -0.3 is 16.4 Å². The maximum Gasteiger partial charge on any atom is 0.418 e. The SMILES string of the molecule is CNC(=O)CNc1ccc(N)cc1C(F)(F)F. The highest BCUT2D eigenvalue weighted by molar-refractivity contribution is 5.80. The summed E-state index contributed by atoms with van der Waals surface area (Å²) in [4.78, 5) is 10.9. The van der Waals surface area contributed by atoms with E-state index in [0.29, 0.717) is 0 Å². The van der Waals surface area contributed by atoms with Gasteiger partial charge in [-0.2, -0.15) is 13.2 Å². The second kappa shape index (κ2) is 4.94. The average Bonchev–Trinajstić information content (AvgIpc) is 2.25. The number of hydrogen-bond acceptors (Lipinski definition) is 3. The van der Waals surface area contributed by atoms with Crippen molar-refractivity contribution in [1.29, 1.82) is 0 Å². The Morgan fingerprint density at radius 1 is 1.41 bits per heavy atom. The molecule has 0 atom stereocenters. The number of likely N-dealkylation sites (N-methyl/N-ethyl adjacent to an activating group) is 1. The topological polar surface area (TPSA) is 67.2 Å². The van der Waals surface area contributed by atoms with Gasteiger partial charge in [0.2, 0.25) is 5.91 Å². The van der Waals surface area contributed by atoms with Gasteiger partial charge >= 0.3 is 6.18 Å². The summed E-state index contributed by atoms with van der Waals surface area (Å²) in [7, 11) is 1.40. The first-order valence-electron chi connectivity index (χ1n) is 4.75. The smallest absolute Gasteiger partial charge is 0.399 e. The molecule has 17 heavy (non-hydrogen) atoms. The summed E-state index contributed by atoms with van der Waals surface area (Å²) in [5, 5.41) is 4.71. The van der Waals surface area contributed by atoms with Crippen LogP contribution in [0.15, 0.2) is 18.2 Å². The number of hydrogen-bond donors (Lipinski definition) is 3. The van der Waals surface area contributed by atoms with Gasteiger partial charge in [-0.15, -0.1) is 0 Å². The Hall–Kier alpha value is -1.92. The van der Waals surface area contributed by atoms with Gasteiger partial charge in [-0.05, 0) is 18.2 Å². The average molecular weight is 247 g/mol. The number of alkyl halides is 3. The van der Waals surface area contributed by atoms with Crippen molar-refractivity contribution in [2.75, 3.05) is 24.6 Å². The first-order chi connectivity index (χ1) is 7.84. The Morgan fingerprint density at radius 2 is 2.06 bits per heavy atom. The lowest BCUT2D eigenvalue weighted by Gasteiger charge is -2.14. The number of benzene rings is 1. The zero-order valence-corrected chi connectivity index (χ0v) is 9.06. The van der Waals surface area contributed by atoms with E-state index in [1.54, 1.807) is 0 Å². The van der Waals surface area contributed by atoms with Crippen LogP contribution >= 0.6 is 0 Å². The number of carbonyl (C=O) groups excluding carboxylic acids is 1. The van der Waals surface area contributed by atoms with E-state index in [2.05, 4.69) is 10.6 Å². The molecule has 0 aliphatic carbocycles. The van der Waals surface area contributed by atoms with Gasteiger partial charge in [0.1, 0.15) is 0 Å². The van der Waals surface area contributed by atoms with E-state index >= 15 is 0 Å². The molecule has 0 saturated heterocycles. The van der Waals surface area contributed by atoms with E-state index in [4.69, 9.17) is 5.73 Å². The third kappa shape index (κ3) is 3.54. The third-order valence-corrected chi connectivity index (χ3v) is 2.07. The molecule has 0 heterocycles. The van der Waals surface area contributed by atoms with E-state index in [-0.39, 0.29) is 17.9 Å². The van der Waals surface area contributed by atoms with E-state index in [9.17, 15) is 18.0 Å².